The van der Waals surface area contributed by atoms with Crippen LogP contribution < -0.4 is 0 Å². The van der Waals surface area contributed by atoms with E-state index in [0.29, 0.717) is 23.3 Å². The lowest BCUT2D eigenvalue weighted by atomic mass is 10.1. The highest BCUT2D eigenvalue weighted by molar-refractivity contribution is 5.90. The third-order valence-corrected chi connectivity index (χ3v) is 2.46. The van der Waals surface area contributed by atoms with E-state index in [4.69, 9.17) is 4.74 Å². The number of carbonyl (C=O) groups excluding carboxylic acids is 1. The van der Waals surface area contributed by atoms with Crippen molar-refractivity contribution in [3.05, 3.63) is 48.3 Å². The van der Waals surface area contributed by atoms with Crippen LogP contribution in [0.2, 0.25) is 0 Å². The molecular formula is C14H13NO3. The van der Waals surface area contributed by atoms with Crippen LogP contribution in [0, 0.1) is 0 Å². The molecule has 1 N–H and O–H groups in total. The SMILES string of the molecule is CCOC(=O)c1cncc(-c2ccccc2O)c1. The van der Waals surface area contributed by atoms with Gasteiger partial charge in [0.15, 0.2) is 0 Å². The van der Waals surface area contributed by atoms with E-state index in [1.165, 1.54) is 6.20 Å². The summed E-state index contributed by atoms with van der Waals surface area (Å²) in [6.07, 6.45) is 3.04. The Kier molecular flexibility index (Phi) is 3.57. The first-order valence-electron chi connectivity index (χ1n) is 5.63. The molecular weight excluding hydrogens is 230 g/mol. The summed E-state index contributed by atoms with van der Waals surface area (Å²) in [4.78, 5) is 15.6. The average molecular weight is 243 g/mol. The van der Waals surface area contributed by atoms with Gasteiger partial charge in [0, 0.05) is 23.5 Å². The van der Waals surface area contributed by atoms with Crippen LogP contribution in [0.15, 0.2) is 42.7 Å². The van der Waals surface area contributed by atoms with E-state index in [1.807, 2.05) is 6.07 Å². The molecule has 0 fully saturated rings. The minimum atomic E-state index is -0.415. The van der Waals surface area contributed by atoms with Crippen LogP contribution in [0.3, 0.4) is 0 Å². The maximum atomic E-state index is 11.6. The normalized spacial score (nSPS) is 10.1. The maximum absolute atomic E-state index is 11.6. The lowest BCUT2D eigenvalue weighted by molar-refractivity contribution is 0.0526. The largest absolute Gasteiger partial charge is 0.507 e. The molecule has 0 aliphatic heterocycles. The molecule has 0 saturated carbocycles. The van der Waals surface area contributed by atoms with Gasteiger partial charge in [-0.15, -0.1) is 0 Å². The number of nitrogens with zero attached hydrogens (tertiary/aromatic N) is 1. The van der Waals surface area contributed by atoms with Crippen LogP contribution in [-0.4, -0.2) is 22.7 Å². The van der Waals surface area contributed by atoms with Gasteiger partial charge in [0.05, 0.1) is 12.2 Å². The number of pyridine rings is 1. The molecule has 2 rings (SSSR count). The number of rotatable bonds is 3. The number of carbonyl (C=O) groups is 1. The van der Waals surface area contributed by atoms with Crippen LogP contribution in [0.1, 0.15) is 17.3 Å². The van der Waals surface area contributed by atoms with E-state index >= 15 is 0 Å². The van der Waals surface area contributed by atoms with Gasteiger partial charge in [-0.1, -0.05) is 18.2 Å². The zero-order valence-electron chi connectivity index (χ0n) is 9.96. The number of para-hydroxylation sites is 1. The molecule has 4 nitrogen and oxygen atoms in total. The predicted molar refractivity (Wildman–Crippen MR) is 67.3 cm³/mol. The highest BCUT2D eigenvalue weighted by Gasteiger charge is 2.10. The first-order chi connectivity index (χ1) is 8.72. The molecule has 4 heteroatoms. The zero-order chi connectivity index (χ0) is 13.0. The summed E-state index contributed by atoms with van der Waals surface area (Å²) in [5.41, 5.74) is 1.69. The minimum Gasteiger partial charge on any atom is -0.507 e. The monoisotopic (exact) mass is 243 g/mol. The van der Waals surface area contributed by atoms with Crippen LogP contribution >= 0.6 is 0 Å². The van der Waals surface area contributed by atoms with Gasteiger partial charge in [-0.05, 0) is 19.1 Å². The van der Waals surface area contributed by atoms with E-state index in [-0.39, 0.29) is 5.75 Å². The van der Waals surface area contributed by atoms with E-state index in [9.17, 15) is 9.90 Å². The van der Waals surface area contributed by atoms with Crippen LogP contribution in [0.25, 0.3) is 11.1 Å². The number of esters is 1. The third-order valence-electron chi connectivity index (χ3n) is 2.46. The molecule has 2 aromatic rings. The fourth-order valence-corrected chi connectivity index (χ4v) is 1.63. The van der Waals surface area contributed by atoms with Crippen molar-refractivity contribution in [1.82, 2.24) is 4.98 Å². The molecule has 1 heterocycles. The fraction of sp³-hybridized carbons (Fsp3) is 0.143. The zero-order valence-corrected chi connectivity index (χ0v) is 9.96. The Morgan fingerprint density at radius 2 is 2.11 bits per heavy atom. The average Bonchev–Trinajstić information content (AvgIpc) is 2.40. The molecule has 0 saturated heterocycles. The van der Waals surface area contributed by atoms with Gasteiger partial charge < -0.3 is 9.84 Å². The highest BCUT2D eigenvalue weighted by Crippen LogP contribution is 2.28. The Labute approximate surface area is 105 Å². The number of hydrogen-bond acceptors (Lipinski definition) is 4. The van der Waals surface area contributed by atoms with E-state index in [1.54, 1.807) is 37.4 Å². The second kappa shape index (κ2) is 5.31. The molecule has 0 aliphatic carbocycles. The van der Waals surface area contributed by atoms with Crippen molar-refractivity contribution < 1.29 is 14.6 Å². The summed E-state index contributed by atoms with van der Waals surface area (Å²) in [6, 6.07) is 8.56. The summed E-state index contributed by atoms with van der Waals surface area (Å²) in [5.74, 6) is -0.262. The number of aromatic hydroxyl groups is 1. The van der Waals surface area contributed by atoms with Crippen LogP contribution in [0.4, 0.5) is 0 Å². The summed E-state index contributed by atoms with van der Waals surface area (Å²) in [6.45, 7) is 2.07. The van der Waals surface area contributed by atoms with Crippen molar-refractivity contribution in [2.75, 3.05) is 6.61 Å². The van der Waals surface area contributed by atoms with Gasteiger partial charge in [0.1, 0.15) is 5.75 Å². The second-order valence-electron chi connectivity index (χ2n) is 3.70. The van der Waals surface area contributed by atoms with Crippen molar-refractivity contribution in [2.45, 2.75) is 6.92 Å². The quantitative estimate of drug-likeness (QED) is 0.842. The number of phenols is 1. The first-order valence-corrected chi connectivity index (χ1v) is 5.63. The van der Waals surface area contributed by atoms with Crippen molar-refractivity contribution in [1.29, 1.82) is 0 Å². The molecule has 0 aliphatic rings. The van der Waals surface area contributed by atoms with Crippen molar-refractivity contribution in [3.63, 3.8) is 0 Å². The third kappa shape index (κ3) is 2.48. The lowest BCUT2D eigenvalue weighted by Crippen LogP contribution is -2.05. The van der Waals surface area contributed by atoms with Crippen LogP contribution in [0.5, 0.6) is 5.75 Å². The smallest absolute Gasteiger partial charge is 0.339 e. The molecule has 0 atom stereocenters. The number of ether oxygens (including phenoxy) is 1. The van der Waals surface area contributed by atoms with Gasteiger partial charge in [-0.3, -0.25) is 4.98 Å². The van der Waals surface area contributed by atoms with Gasteiger partial charge in [0.25, 0.3) is 0 Å². The Morgan fingerprint density at radius 3 is 2.83 bits per heavy atom. The van der Waals surface area contributed by atoms with Gasteiger partial charge in [0.2, 0.25) is 0 Å². The molecule has 0 radical (unpaired) electrons. The van der Waals surface area contributed by atoms with E-state index in [2.05, 4.69) is 4.98 Å². The van der Waals surface area contributed by atoms with Gasteiger partial charge in [-0.25, -0.2) is 4.79 Å². The molecule has 18 heavy (non-hydrogen) atoms. The number of hydrogen-bond donors (Lipinski definition) is 1. The molecule has 92 valence electrons. The predicted octanol–water partition coefficient (Wildman–Crippen LogP) is 2.63. The Balaban J connectivity index is 2.39. The molecule has 0 spiro atoms. The summed E-state index contributed by atoms with van der Waals surface area (Å²) in [5, 5.41) is 9.75. The number of aromatic nitrogens is 1. The maximum Gasteiger partial charge on any atom is 0.339 e. The summed E-state index contributed by atoms with van der Waals surface area (Å²) in [7, 11) is 0. The molecule has 0 bridgehead atoms. The molecule has 1 aromatic carbocycles. The second-order valence-corrected chi connectivity index (χ2v) is 3.70. The summed E-state index contributed by atoms with van der Waals surface area (Å²) < 4.78 is 4.91. The number of phenolic OH excluding ortho intramolecular Hbond substituents is 1. The lowest BCUT2D eigenvalue weighted by Gasteiger charge is -2.06. The first kappa shape index (κ1) is 12.1. The Morgan fingerprint density at radius 1 is 1.33 bits per heavy atom. The van der Waals surface area contributed by atoms with E-state index < -0.39 is 5.97 Å². The fourth-order valence-electron chi connectivity index (χ4n) is 1.63. The molecule has 0 amide bonds. The van der Waals surface area contributed by atoms with Crippen molar-refractivity contribution in [3.8, 4) is 16.9 Å². The highest BCUT2D eigenvalue weighted by atomic mass is 16.5. The number of benzene rings is 1. The van der Waals surface area contributed by atoms with Gasteiger partial charge in [-0.2, -0.15) is 0 Å². The Bertz CT molecular complexity index is 566. The van der Waals surface area contributed by atoms with Crippen molar-refractivity contribution in [2.24, 2.45) is 0 Å². The Hall–Kier alpha value is -2.36. The minimum absolute atomic E-state index is 0.153. The molecule has 1 aromatic heterocycles. The summed E-state index contributed by atoms with van der Waals surface area (Å²) >= 11 is 0. The van der Waals surface area contributed by atoms with Crippen LogP contribution in [-0.2, 0) is 4.74 Å². The van der Waals surface area contributed by atoms with Gasteiger partial charge >= 0.3 is 5.97 Å². The standard InChI is InChI=1S/C14H13NO3/c1-2-18-14(17)11-7-10(8-15-9-11)12-5-3-4-6-13(12)16/h3-9,16H,2H2,1H3. The topological polar surface area (TPSA) is 59.4 Å². The van der Waals surface area contributed by atoms with Crippen molar-refractivity contribution >= 4 is 5.97 Å². The molecule has 0 unspecified atom stereocenters. The van der Waals surface area contributed by atoms with E-state index in [0.717, 1.165) is 0 Å².